The summed E-state index contributed by atoms with van der Waals surface area (Å²) < 4.78 is 10.9. The van der Waals surface area contributed by atoms with Crippen LogP contribution < -0.4 is 4.74 Å². The normalized spacial score (nSPS) is 10.8. The maximum Gasteiger partial charge on any atom is 0.310 e. The molecule has 0 fully saturated rings. The summed E-state index contributed by atoms with van der Waals surface area (Å²) in [5, 5.41) is 11.1. The second kappa shape index (κ2) is 9.73. The van der Waals surface area contributed by atoms with E-state index in [9.17, 15) is 14.9 Å². The lowest BCUT2D eigenvalue weighted by molar-refractivity contribution is -0.385. The van der Waals surface area contributed by atoms with Crippen molar-refractivity contribution in [3.63, 3.8) is 0 Å². The average Bonchev–Trinajstić information content (AvgIpc) is 3.25. The second-order valence-corrected chi connectivity index (χ2v) is 7.24. The number of rotatable bonds is 9. The molecule has 7 nitrogen and oxygen atoms in total. The molecule has 7 heteroatoms. The van der Waals surface area contributed by atoms with Gasteiger partial charge in [-0.2, -0.15) is 0 Å². The molecule has 30 heavy (non-hydrogen) atoms. The predicted molar refractivity (Wildman–Crippen MR) is 112 cm³/mol. The Bertz CT molecular complexity index is 981. The maximum absolute atomic E-state index is 12.9. The van der Waals surface area contributed by atoms with E-state index in [0.717, 1.165) is 5.56 Å². The van der Waals surface area contributed by atoms with E-state index in [4.69, 9.17) is 9.15 Å². The minimum Gasteiger partial charge on any atom is -0.477 e. The zero-order valence-corrected chi connectivity index (χ0v) is 17.0. The van der Waals surface area contributed by atoms with Gasteiger partial charge in [-0.05, 0) is 35.2 Å². The van der Waals surface area contributed by atoms with E-state index >= 15 is 0 Å². The highest BCUT2D eigenvalue weighted by Gasteiger charge is 2.20. The van der Waals surface area contributed by atoms with E-state index < -0.39 is 4.92 Å². The van der Waals surface area contributed by atoms with Crippen molar-refractivity contribution in [2.24, 2.45) is 0 Å². The van der Waals surface area contributed by atoms with Gasteiger partial charge in [-0.1, -0.05) is 50.2 Å². The highest BCUT2D eigenvalue weighted by molar-refractivity contribution is 5.78. The van der Waals surface area contributed by atoms with Crippen LogP contribution in [-0.4, -0.2) is 22.3 Å². The van der Waals surface area contributed by atoms with Crippen molar-refractivity contribution in [1.82, 2.24) is 4.90 Å². The lowest BCUT2D eigenvalue weighted by Gasteiger charge is -2.22. The van der Waals surface area contributed by atoms with Crippen LogP contribution in [0.4, 0.5) is 5.69 Å². The third-order valence-corrected chi connectivity index (χ3v) is 4.71. The number of furan rings is 1. The van der Waals surface area contributed by atoms with Crippen LogP contribution in [0.2, 0.25) is 0 Å². The molecule has 3 aromatic rings. The number of hydrogen-bond donors (Lipinski definition) is 0. The summed E-state index contributed by atoms with van der Waals surface area (Å²) >= 11 is 0. The first-order valence-electron chi connectivity index (χ1n) is 9.69. The Balaban J connectivity index is 1.73. The van der Waals surface area contributed by atoms with Gasteiger partial charge >= 0.3 is 5.69 Å². The van der Waals surface area contributed by atoms with E-state index in [2.05, 4.69) is 26.0 Å². The van der Waals surface area contributed by atoms with Gasteiger partial charge in [-0.3, -0.25) is 14.9 Å². The fourth-order valence-corrected chi connectivity index (χ4v) is 3.01. The molecular weight excluding hydrogens is 384 g/mol. The fraction of sp³-hybridized carbons (Fsp3) is 0.261. The molecule has 0 aliphatic heterocycles. The van der Waals surface area contributed by atoms with Crippen LogP contribution in [0.25, 0.3) is 0 Å². The van der Waals surface area contributed by atoms with E-state index in [1.165, 1.54) is 17.7 Å². The van der Waals surface area contributed by atoms with Crippen molar-refractivity contribution in [2.75, 3.05) is 6.61 Å². The van der Waals surface area contributed by atoms with Gasteiger partial charge in [0.2, 0.25) is 0 Å². The highest BCUT2D eigenvalue weighted by atomic mass is 16.6. The first-order valence-corrected chi connectivity index (χ1v) is 9.69. The molecule has 0 saturated carbocycles. The Hall–Kier alpha value is -3.61. The lowest BCUT2D eigenvalue weighted by Crippen LogP contribution is -2.34. The molecule has 3 rings (SSSR count). The number of nitro benzene ring substituents is 1. The quantitative estimate of drug-likeness (QED) is 0.371. The van der Waals surface area contributed by atoms with E-state index in [-0.39, 0.29) is 30.5 Å². The van der Waals surface area contributed by atoms with Crippen LogP contribution in [0.15, 0.2) is 71.3 Å². The molecule has 0 aliphatic rings. The number of nitro groups is 1. The van der Waals surface area contributed by atoms with Crippen LogP contribution in [0, 0.1) is 10.1 Å². The van der Waals surface area contributed by atoms with Crippen LogP contribution in [0.1, 0.15) is 36.7 Å². The van der Waals surface area contributed by atoms with Crippen LogP contribution >= 0.6 is 0 Å². The summed E-state index contributed by atoms with van der Waals surface area (Å²) in [5.74, 6) is 0.843. The molecule has 0 radical (unpaired) electrons. The number of ether oxygens (including phenoxy) is 1. The molecular formula is C23H24N2O5. The SMILES string of the molecule is CC(C)c1ccc(CN(Cc2ccco2)C(=O)COc2ccccc2[N+](=O)[O-])cc1. The lowest BCUT2D eigenvalue weighted by atomic mass is 10.0. The molecule has 1 aromatic heterocycles. The van der Waals surface area contributed by atoms with Gasteiger partial charge in [-0.15, -0.1) is 0 Å². The van der Waals surface area contributed by atoms with Crippen LogP contribution in [-0.2, 0) is 17.9 Å². The number of nitrogens with zero attached hydrogens (tertiary/aromatic N) is 2. The van der Waals surface area contributed by atoms with E-state index in [1.54, 1.807) is 35.4 Å². The fourth-order valence-electron chi connectivity index (χ4n) is 3.01. The van der Waals surface area contributed by atoms with Gasteiger partial charge in [0.1, 0.15) is 5.76 Å². The highest BCUT2D eigenvalue weighted by Crippen LogP contribution is 2.26. The Labute approximate surface area is 175 Å². The van der Waals surface area contributed by atoms with Crippen molar-refractivity contribution in [3.05, 3.63) is 93.9 Å². The summed E-state index contributed by atoms with van der Waals surface area (Å²) in [6.07, 6.45) is 1.55. The largest absolute Gasteiger partial charge is 0.477 e. The number of hydrogen-bond acceptors (Lipinski definition) is 5. The van der Waals surface area contributed by atoms with Crippen LogP contribution in [0.3, 0.4) is 0 Å². The van der Waals surface area contributed by atoms with Crippen molar-refractivity contribution < 1.29 is 18.9 Å². The minimum atomic E-state index is -0.531. The molecule has 0 bridgehead atoms. The summed E-state index contributed by atoms with van der Waals surface area (Å²) in [6, 6.07) is 17.7. The maximum atomic E-state index is 12.9. The van der Waals surface area contributed by atoms with Gasteiger partial charge in [0.05, 0.1) is 17.7 Å². The number of benzene rings is 2. The molecule has 0 unspecified atom stereocenters. The number of carbonyl (C=O) groups is 1. The van der Waals surface area contributed by atoms with E-state index in [0.29, 0.717) is 18.2 Å². The topological polar surface area (TPSA) is 85.8 Å². The van der Waals surface area contributed by atoms with Crippen molar-refractivity contribution >= 4 is 11.6 Å². The summed E-state index contributed by atoms with van der Waals surface area (Å²) in [4.78, 5) is 25.1. The monoisotopic (exact) mass is 408 g/mol. The molecule has 2 aromatic carbocycles. The molecule has 0 N–H and O–H groups in total. The first-order chi connectivity index (χ1) is 14.4. The van der Waals surface area contributed by atoms with Gasteiger partial charge in [0, 0.05) is 12.6 Å². The molecule has 0 saturated heterocycles. The van der Waals surface area contributed by atoms with Gasteiger partial charge < -0.3 is 14.1 Å². The minimum absolute atomic E-state index is 0.0649. The molecule has 0 aliphatic carbocycles. The molecule has 156 valence electrons. The predicted octanol–water partition coefficient (Wildman–Crippen LogP) is 4.92. The molecule has 0 atom stereocenters. The third kappa shape index (κ3) is 5.47. The average molecular weight is 408 g/mol. The second-order valence-electron chi connectivity index (χ2n) is 7.24. The zero-order chi connectivity index (χ0) is 21.5. The van der Waals surface area contributed by atoms with Crippen molar-refractivity contribution in [3.8, 4) is 5.75 Å². The molecule has 0 spiro atoms. The number of carbonyl (C=O) groups excluding carboxylic acids is 1. The molecule has 1 heterocycles. The zero-order valence-electron chi connectivity index (χ0n) is 17.0. The number of amides is 1. The standard InChI is InChI=1S/C23H24N2O5/c1-17(2)19-11-9-18(10-12-19)14-24(15-20-6-5-13-29-20)23(26)16-30-22-8-4-3-7-21(22)25(27)28/h3-13,17H,14-16H2,1-2H3. The summed E-state index contributed by atoms with van der Waals surface area (Å²) in [5.41, 5.74) is 2.03. The Morgan fingerprint density at radius 3 is 2.43 bits per heavy atom. The number of para-hydroxylation sites is 2. The van der Waals surface area contributed by atoms with E-state index in [1.807, 2.05) is 12.1 Å². The van der Waals surface area contributed by atoms with Gasteiger partial charge in [-0.25, -0.2) is 0 Å². The van der Waals surface area contributed by atoms with Crippen LogP contribution in [0.5, 0.6) is 5.75 Å². The van der Waals surface area contributed by atoms with Gasteiger partial charge in [0.25, 0.3) is 5.91 Å². The first kappa shape index (κ1) is 21.1. The molecule has 1 amide bonds. The third-order valence-electron chi connectivity index (χ3n) is 4.71. The Morgan fingerprint density at radius 2 is 1.80 bits per heavy atom. The Kier molecular flexibility index (Phi) is 6.85. The smallest absolute Gasteiger partial charge is 0.310 e. The summed E-state index contributed by atoms with van der Waals surface area (Å²) in [7, 11) is 0. The van der Waals surface area contributed by atoms with Gasteiger partial charge in [0.15, 0.2) is 12.4 Å². The van der Waals surface area contributed by atoms with Crippen molar-refractivity contribution in [2.45, 2.75) is 32.9 Å². The van der Waals surface area contributed by atoms with Crippen molar-refractivity contribution in [1.29, 1.82) is 0 Å². The Morgan fingerprint density at radius 1 is 1.07 bits per heavy atom. The summed E-state index contributed by atoms with van der Waals surface area (Å²) in [6.45, 7) is 4.59.